The van der Waals surface area contributed by atoms with Crippen molar-refractivity contribution in [2.45, 2.75) is 12.8 Å². The topological polar surface area (TPSA) is 75.6 Å². The van der Waals surface area contributed by atoms with Gasteiger partial charge in [0.05, 0.1) is 12.7 Å². The third-order valence-electron chi connectivity index (χ3n) is 3.25. The Labute approximate surface area is 142 Å². The first-order valence-electron chi connectivity index (χ1n) is 6.95. The molecular formula is C17H16BrNO4. The minimum atomic E-state index is -0.830. The van der Waals surface area contributed by atoms with Gasteiger partial charge in [-0.05, 0) is 42.3 Å². The number of rotatable bonds is 6. The van der Waals surface area contributed by atoms with E-state index in [9.17, 15) is 9.59 Å². The van der Waals surface area contributed by atoms with Gasteiger partial charge >= 0.3 is 5.97 Å². The molecule has 5 nitrogen and oxygen atoms in total. The number of aliphatic carboxylic acids is 1. The molecule has 0 aromatic heterocycles. The van der Waals surface area contributed by atoms with E-state index in [0.29, 0.717) is 23.4 Å². The maximum absolute atomic E-state index is 12.4. The second-order valence-corrected chi connectivity index (χ2v) is 5.81. The predicted octanol–water partition coefficient (Wildman–Crippen LogP) is 3.73. The van der Waals surface area contributed by atoms with Crippen molar-refractivity contribution < 1.29 is 19.4 Å². The Balaban J connectivity index is 2.08. The summed E-state index contributed by atoms with van der Waals surface area (Å²) in [6, 6.07) is 12.3. The molecule has 0 aliphatic heterocycles. The fourth-order valence-corrected chi connectivity index (χ4v) is 2.42. The van der Waals surface area contributed by atoms with E-state index < -0.39 is 5.97 Å². The Kier molecular flexibility index (Phi) is 5.76. The average Bonchev–Trinajstić information content (AvgIpc) is 2.54. The van der Waals surface area contributed by atoms with Crippen molar-refractivity contribution in [1.82, 2.24) is 0 Å². The summed E-state index contributed by atoms with van der Waals surface area (Å²) < 4.78 is 5.98. The van der Waals surface area contributed by atoms with E-state index >= 15 is 0 Å². The van der Waals surface area contributed by atoms with Gasteiger partial charge < -0.3 is 15.2 Å². The van der Waals surface area contributed by atoms with Crippen LogP contribution in [0.2, 0.25) is 0 Å². The SMILES string of the molecule is COc1ccc(Br)cc1C(=O)Nc1ccc(CCC(=O)O)cc1. The highest BCUT2D eigenvalue weighted by atomic mass is 79.9. The Morgan fingerprint density at radius 2 is 1.87 bits per heavy atom. The molecule has 0 bridgehead atoms. The van der Waals surface area contributed by atoms with Crippen LogP contribution in [0.4, 0.5) is 5.69 Å². The standard InChI is InChI=1S/C17H16BrNO4/c1-23-15-8-5-12(18)10-14(15)17(22)19-13-6-2-11(3-7-13)4-9-16(20)21/h2-3,5-8,10H,4,9H2,1H3,(H,19,22)(H,20,21). The Morgan fingerprint density at radius 1 is 1.17 bits per heavy atom. The van der Waals surface area contributed by atoms with Crippen LogP contribution in [0.25, 0.3) is 0 Å². The number of methoxy groups -OCH3 is 1. The predicted molar refractivity (Wildman–Crippen MR) is 91.0 cm³/mol. The molecule has 2 rings (SSSR count). The number of benzene rings is 2. The zero-order valence-corrected chi connectivity index (χ0v) is 14.1. The minimum absolute atomic E-state index is 0.0843. The second kappa shape index (κ2) is 7.78. The van der Waals surface area contributed by atoms with Gasteiger partial charge in [0.25, 0.3) is 5.91 Å². The Hall–Kier alpha value is -2.34. The summed E-state index contributed by atoms with van der Waals surface area (Å²) in [7, 11) is 1.51. The van der Waals surface area contributed by atoms with Gasteiger partial charge in [0, 0.05) is 16.6 Å². The van der Waals surface area contributed by atoms with Gasteiger partial charge in [-0.1, -0.05) is 28.1 Å². The fraction of sp³-hybridized carbons (Fsp3) is 0.176. The molecule has 0 radical (unpaired) electrons. The molecule has 0 saturated heterocycles. The van der Waals surface area contributed by atoms with Crippen LogP contribution >= 0.6 is 15.9 Å². The molecule has 0 fully saturated rings. The smallest absolute Gasteiger partial charge is 0.303 e. The average molecular weight is 378 g/mol. The number of ether oxygens (including phenoxy) is 1. The van der Waals surface area contributed by atoms with Gasteiger partial charge in [0.1, 0.15) is 5.75 Å². The summed E-state index contributed by atoms with van der Waals surface area (Å²) in [5.41, 5.74) is 1.97. The maximum Gasteiger partial charge on any atom is 0.303 e. The minimum Gasteiger partial charge on any atom is -0.496 e. The zero-order chi connectivity index (χ0) is 16.8. The monoisotopic (exact) mass is 377 g/mol. The third kappa shape index (κ3) is 4.82. The quantitative estimate of drug-likeness (QED) is 0.803. The summed E-state index contributed by atoms with van der Waals surface area (Å²) in [5, 5.41) is 11.5. The Bertz CT molecular complexity index is 713. The van der Waals surface area contributed by atoms with Crippen molar-refractivity contribution in [2.75, 3.05) is 12.4 Å². The maximum atomic E-state index is 12.4. The molecule has 0 aliphatic carbocycles. The van der Waals surface area contributed by atoms with Crippen molar-refractivity contribution in [3.63, 3.8) is 0 Å². The molecule has 0 unspecified atom stereocenters. The van der Waals surface area contributed by atoms with Crippen LogP contribution in [0.3, 0.4) is 0 Å². The van der Waals surface area contributed by atoms with Crippen LogP contribution in [0.5, 0.6) is 5.75 Å². The summed E-state index contributed by atoms with van der Waals surface area (Å²) in [6.07, 6.45) is 0.546. The van der Waals surface area contributed by atoms with E-state index in [1.807, 2.05) is 0 Å². The number of aryl methyl sites for hydroxylation is 1. The van der Waals surface area contributed by atoms with Gasteiger partial charge in [0.2, 0.25) is 0 Å². The van der Waals surface area contributed by atoms with E-state index in [2.05, 4.69) is 21.2 Å². The van der Waals surface area contributed by atoms with E-state index in [0.717, 1.165) is 10.0 Å². The molecule has 6 heteroatoms. The molecule has 2 aromatic carbocycles. The van der Waals surface area contributed by atoms with Crippen molar-refractivity contribution >= 4 is 33.5 Å². The van der Waals surface area contributed by atoms with Crippen molar-refractivity contribution in [2.24, 2.45) is 0 Å². The molecule has 0 atom stereocenters. The Morgan fingerprint density at radius 3 is 2.48 bits per heavy atom. The molecule has 2 aromatic rings. The first-order chi connectivity index (χ1) is 11.0. The first-order valence-corrected chi connectivity index (χ1v) is 7.74. The molecule has 23 heavy (non-hydrogen) atoms. The number of carboxylic acids is 1. The van der Waals surface area contributed by atoms with Crippen LogP contribution in [0.15, 0.2) is 46.9 Å². The van der Waals surface area contributed by atoms with Gasteiger partial charge in [-0.15, -0.1) is 0 Å². The van der Waals surface area contributed by atoms with Crippen molar-refractivity contribution in [1.29, 1.82) is 0 Å². The molecule has 0 aliphatic rings. The van der Waals surface area contributed by atoms with E-state index in [4.69, 9.17) is 9.84 Å². The van der Waals surface area contributed by atoms with E-state index in [1.54, 1.807) is 42.5 Å². The summed E-state index contributed by atoms with van der Waals surface area (Å²) >= 11 is 3.33. The molecule has 1 amide bonds. The molecule has 0 saturated carbocycles. The highest BCUT2D eigenvalue weighted by Crippen LogP contribution is 2.24. The lowest BCUT2D eigenvalue weighted by atomic mass is 10.1. The number of carbonyl (C=O) groups excluding carboxylic acids is 1. The highest BCUT2D eigenvalue weighted by molar-refractivity contribution is 9.10. The van der Waals surface area contributed by atoms with Crippen molar-refractivity contribution in [3.8, 4) is 5.75 Å². The van der Waals surface area contributed by atoms with Crippen LogP contribution in [0, 0.1) is 0 Å². The second-order valence-electron chi connectivity index (χ2n) is 4.89. The normalized spacial score (nSPS) is 10.2. The molecule has 2 N–H and O–H groups in total. The number of halogens is 1. The largest absolute Gasteiger partial charge is 0.496 e. The number of carboxylic acid groups (broad SMARTS) is 1. The number of nitrogens with one attached hydrogen (secondary N) is 1. The molecule has 0 heterocycles. The van der Waals surface area contributed by atoms with Gasteiger partial charge in [-0.25, -0.2) is 0 Å². The molecular weight excluding hydrogens is 362 g/mol. The lowest BCUT2D eigenvalue weighted by molar-refractivity contribution is -0.136. The van der Waals surface area contributed by atoms with Crippen LogP contribution in [-0.2, 0) is 11.2 Å². The third-order valence-corrected chi connectivity index (χ3v) is 3.74. The number of hydrogen-bond acceptors (Lipinski definition) is 3. The lowest BCUT2D eigenvalue weighted by Crippen LogP contribution is -2.13. The molecule has 120 valence electrons. The summed E-state index contributed by atoms with van der Waals surface area (Å²) in [6.45, 7) is 0. The number of amides is 1. The highest BCUT2D eigenvalue weighted by Gasteiger charge is 2.13. The first kappa shape index (κ1) is 17.0. The van der Waals surface area contributed by atoms with Crippen LogP contribution < -0.4 is 10.1 Å². The van der Waals surface area contributed by atoms with Crippen LogP contribution in [0.1, 0.15) is 22.3 Å². The molecule has 0 spiro atoms. The lowest BCUT2D eigenvalue weighted by Gasteiger charge is -2.10. The zero-order valence-electron chi connectivity index (χ0n) is 12.5. The fourth-order valence-electron chi connectivity index (χ4n) is 2.06. The number of anilines is 1. The van der Waals surface area contributed by atoms with Gasteiger partial charge in [0.15, 0.2) is 0 Å². The number of hydrogen-bond donors (Lipinski definition) is 2. The number of carbonyl (C=O) groups is 2. The van der Waals surface area contributed by atoms with Gasteiger partial charge in [-0.2, -0.15) is 0 Å². The van der Waals surface area contributed by atoms with Crippen LogP contribution in [-0.4, -0.2) is 24.1 Å². The van der Waals surface area contributed by atoms with E-state index in [1.165, 1.54) is 7.11 Å². The van der Waals surface area contributed by atoms with E-state index in [-0.39, 0.29) is 12.3 Å². The summed E-state index contributed by atoms with van der Waals surface area (Å²) in [5.74, 6) is -0.616. The van der Waals surface area contributed by atoms with Crippen molar-refractivity contribution in [3.05, 3.63) is 58.1 Å². The van der Waals surface area contributed by atoms with Gasteiger partial charge in [-0.3, -0.25) is 9.59 Å². The summed E-state index contributed by atoms with van der Waals surface area (Å²) in [4.78, 5) is 22.9.